The molecule has 4 atom stereocenters. The molecule has 1 amide bonds. The number of carbonyl (C=O) groups excluding carboxylic acids is 4. The van der Waals surface area contributed by atoms with Crippen LogP contribution in [0.4, 0.5) is 4.79 Å². The quantitative estimate of drug-likeness (QED) is 0.175. The molecule has 0 saturated heterocycles. The lowest BCUT2D eigenvalue weighted by atomic mass is 9.74. The first-order chi connectivity index (χ1) is 21.1. The highest BCUT2D eigenvalue weighted by Gasteiger charge is 2.40. The van der Waals surface area contributed by atoms with Gasteiger partial charge < -0.3 is 24.3 Å². The molecule has 9 heteroatoms. The fraction of sp³-hybridized carbons (Fsp3) is 0.314. The van der Waals surface area contributed by atoms with Gasteiger partial charge in [0.2, 0.25) is 0 Å². The predicted octanol–water partition coefficient (Wildman–Crippen LogP) is 5.87. The van der Waals surface area contributed by atoms with Crippen LogP contribution in [0.3, 0.4) is 0 Å². The molecule has 0 spiro atoms. The molecule has 0 unspecified atom stereocenters. The van der Waals surface area contributed by atoms with E-state index < -0.39 is 53.4 Å². The molecule has 0 radical (unpaired) electrons. The lowest BCUT2D eigenvalue weighted by Gasteiger charge is -2.39. The molecule has 3 aromatic rings. The number of rotatable bonds is 10. The maximum Gasteiger partial charge on any atom is 0.408 e. The van der Waals surface area contributed by atoms with Gasteiger partial charge >= 0.3 is 24.0 Å². The number of esters is 3. The largest absolute Gasteiger partial charge is 0.462 e. The second kappa shape index (κ2) is 15.0. The number of nitrogens with one attached hydrogen (secondary N) is 1. The van der Waals surface area contributed by atoms with Crippen LogP contribution in [0, 0.1) is 17.8 Å². The SMILES string of the molecule is CC(C)(C)OC(=O)N[C@@H]1C=C[C@H](COC(=O)c2ccccc2)[C@H](COC(=O)c2ccccc2)[C@@H]1COC(=O)c1ccccc1. The van der Waals surface area contributed by atoms with Crippen LogP contribution in [0.5, 0.6) is 0 Å². The molecule has 0 heterocycles. The number of hydrogen-bond acceptors (Lipinski definition) is 8. The van der Waals surface area contributed by atoms with Crippen molar-refractivity contribution in [2.45, 2.75) is 32.4 Å². The third kappa shape index (κ3) is 9.29. The number of hydrogen-bond donors (Lipinski definition) is 1. The molecule has 3 aromatic carbocycles. The average Bonchev–Trinajstić information content (AvgIpc) is 3.02. The Bertz CT molecular complexity index is 1430. The first-order valence-electron chi connectivity index (χ1n) is 14.4. The minimum Gasteiger partial charge on any atom is -0.462 e. The van der Waals surface area contributed by atoms with Crippen molar-refractivity contribution in [1.29, 1.82) is 0 Å². The van der Waals surface area contributed by atoms with E-state index >= 15 is 0 Å². The summed E-state index contributed by atoms with van der Waals surface area (Å²) in [6, 6.07) is 25.1. The molecule has 44 heavy (non-hydrogen) atoms. The average molecular weight is 600 g/mol. The number of ether oxygens (including phenoxy) is 4. The van der Waals surface area contributed by atoms with Crippen molar-refractivity contribution in [1.82, 2.24) is 5.32 Å². The Hall–Kier alpha value is -4.92. The molecule has 0 fully saturated rings. The minimum absolute atomic E-state index is 0.0277. The Kier molecular flexibility index (Phi) is 10.9. The Labute approximate surface area is 257 Å². The second-order valence-corrected chi connectivity index (χ2v) is 11.4. The van der Waals surface area contributed by atoms with E-state index in [0.29, 0.717) is 16.7 Å². The predicted molar refractivity (Wildman–Crippen MR) is 163 cm³/mol. The lowest BCUT2D eigenvalue weighted by Crippen LogP contribution is -2.50. The van der Waals surface area contributed by atoms with Crippen LogP contribution in [-0.4, -0.2) is 55.5 Å². The van der Waals surface area contributed by atoms with Crippen LogP contribution in [0.15, 0.2) is 103 Å². The maximum absolute atomic E-state index is 12.9. The van der Waals surface area contributed by atoms with Gasteiger partial charge in [0.05, 0.1) is 42.6 Å². The molecule has 0 aromatic heterocycles. The van der Waals surface area contributed by atoms with E-state index in [9.17, 15) is 19.2 Å². The lowest BCUT2D eigenvalue weighted by molar-refractivity contribution is -0.00478. The molecule has 230 valence electrons. The fourth-order valence-corrected chi connectivity index (χ4v) is 4.87. The van der Waals surface area contributed by atoms with E-state index in [-0.39, 0.29) is 19.8 Å². The molecule has 0 saturated carbocycles. The van der Waals surface area contributed by atoms with Crippen LogP contribution >= 0.6 is 0 Å². The van der Waals surface area contributed by atoms with E-state index in [0.717, 1.165) is 0 Å². The second-order valence-electron chi connectivity index (χ2n) is 11.4. The topological polar surface area (TPSA) is 117 Å². The normalized spacial score (nSPS) is 19.3. The molecule has 0 aliphatic heterocycles. The van der Waals surface area contributed by atoms with E-state index in [4.69, 9.17) is 18.9 Å². The van der Waals surface area contributed by atoms with E-state index in [1.807, 2.05) is 6.08 Å². The molecule has 4 rings (SSSR count). The summed E-state index contributed by atoms with van der Waals surface area (Å²) in [5.74, 6) is -3.08. The van der Waals surface area contributed by atoms with Crippen molar-refractivity contribution >= 4 is 24.0 Å². The van der Waals surface area contributed by atoms with Crippen molar-refractivity contribution in [3.63, 3.8) is 0 Å². The zero-order valence-electron chi connectivity index (χ0n) is 25.0. The van der Waals surface area contributed by atoms with Crippen LogP contribution in [0.25, 0.3) is 0 Å². The van der Waals surface area contributed by atoms with Gasteiger partial charge in [0.15, 0.2) is 0 Å². The minimum atomic E-state index is -0.740. The van der Waals surface area contributed by atoms with Crippen molar-refractivity contribution in [2.75, 3.05) is 19.8 Å². The summed E-state index contributed by atoms with van der Waals surface area (Å²) in [4.78, 5) is 51.4. The van der Waals surface area contributed by atoms with Gasteiger partial charge in [0.25, 0.3) is 0 Å². The Morgan fingerprint density at radius 3 is 1.43 bits per heavy atom. The number of benzene rings is 3. The Morgan fingerprint density at radius 2 is 1.00 bits per heavy atom. The number of amides is 1. The van der Waals surface area contributed by atoms with Gasteiger partial charge in [-0.2, -0.15) is 0 Å². The van der Waals surface area contributed by atoms with Gasteiger partial charge in [0.1, 0.15) is 5.60 Å². The number of alkyl carbamates (subject to hydrolysis) is 1. The van der Waals surface area contributed by atoms with Gasteiger partial charge in [-0.1, -0.05) is 66.7 Å². The zero-order chi connectivity index (χ0) is 31.5. The molecular weight excluding hydrogens is 562 g/mol. The molecule has 1 aliphatic carbocycles. The maximum atomic E-state index is 12.9. The monoisotopic (exact) mass is 599 g/mol. The third-order valence-corrected chi connectivity index (χ3v) is 7.06. The molecular formula is C35H37NO8. The Balaban J connectivity index is 1.59. The smallest absolute Gasteiger partial charge is 0.408 e. The van der Waals surface area contributed by atoms with Gasteiger partial charge in [-0.3, -0.25) is 0 Å². The molecule has 9 nitrogen and oxygen atoms in total. The summed E-state index contributed by atoms with van der Waals surface area (Å²) in [6.45, 7) is 5.03. The fourth-order valence-electron chi connectivity index (χ4n) is 4.87. The first kappa shape index (κ1) is 32.0. The van der Waals surface area contributed by atoms with E-state index in [2.05, 4.69) is 5.32 Å². The highest BCUT2D eigenvalue weighted by molar-refractivity contribution is 5.90. The Morgan fingerprint density at radius 1 is 0.591 bits per heavy atom. The first-order valence-corrected chi connectivity index (χ1v) is 14.4. The summed E-state index contributed by atoms with van der Waals surface area (Å²) in [7, 11) is 0. The van der Waals surface area contributed by atoms with Gasteiger partial charge in [-0.15, -0.1) is 0 Å². The summed E-state index contributed by atoms with van der Waals surface area (Å²) in [5.41, 5.74) is 0.408. The molecule has 1 aliphatic rings. The summed E-state index contributed by atoms with van der Waals surface area (Å²) >= 11 is 0. The summed E-state index contributed by atoms with van der Waals surface area (Å²) < 4.78 is 22.6. The molecule has 0 bridgehead atoms. The van der Waals surface area contributed by atoms with Crippen molar-refractivity contribution in [3.8, 4) is 0 Å². The van der Waals surface area contributed by atoms with Crippen molar-refractivity contribution in [3.05, 3.63) is 120 Å². The van der Waals surface area contributed by atoms with Crippen LogP contribution < -0.4 is 5.32 Å². The van der Waals surface area contributed by atoms with Crippen LogP contribution in [0.2, 0.25) is 0 Å². The van der Waals surface area contributed by atoms with Crippen molar-refractivity contribution < 1.29 is 38.1 Å². The van der Waals surface area contributed by atoms with E-state index in [1.165, 1.54) is 0 Å². The summed E-state index contributed by atoms with van der Waals surface area (Å²) in [6.07, 6.45) is 2.93. The van der Waals surface area contributed by atoms with Crippen LogP contribution in [-0.2, 0) is 18.9 Å². The van der Waals surface area contributed by atoms with Gasteiger partial charge in [0, 0.05) is 17.8 Å². The van der Waals surface area contributed by atoms with Gasteiger partial charge in [-0.05, 0) is 57.2 Å². The van der Waals surface area contributed by atoms with Crippen LogP contribution in [0.1, 0.15) is 51.8 Å². The zero-order valence-corrected chi connectivity index (χ0v) is 25.0. The third-order valence-electron chi connectivity index (χ3n) is 7.06. The number of carbonyl (C=O) groups is 4. The van der Waals surface area contributed by atoms with Gasteiger partial charge in [-0.25, -0.2) is 19.2 Å². The summed E-state index contributed by atoms with van der Waals surface area (Å²) in [5, 5.41) is 2.86. The molecule has 1 N–H and O–H groups in total. The standard InChI is InChI=1S/C35H37NO8/c1-35(2,3)44-34(40)36-30-20-19-27(21-41-31(37)24-13-7-4-8-14-24)28(22-42-32(38)25-15-9-5-10-16-25)29(30)23-43-33(39)26-17-11-6-12-18-26/h4-20,27-30H,21-23H2,1-3H3,(H,36,40)/t27-,28+,29+,30-/m1/s1. The van der Waals surface area contributed by atoms with E-state index in [1.54, 1.807) is 118 Å². The highest BCUT2D eigenvalue weighted by atomic mass is 16.6. The van der Waals surface area contributed by atoms with Crippen molar-refractivity contribution in [2.24, 2.45) is 17.8 Å². The highest BCUT2D eigenvalue weighted by Crippen LogP contribution is 2.33.